The maximum atomic E-state index is 12.4. The highest BCUT2D eigenvalue weighted by Crippen LogP contribution is 2.21. The zero-order valence-corrected chi connectivity index (χ0v) is 12.9. The van der Waals surface area contributed by atoms with E-state index in [1.165, 1.54) is 18.2 Å². The number of nitrogens with zero attached hydrogens (tertiary/aromatic N) is 3. The van der Waals surface area contributed by atoms with Crippen LogP contribution < -0.4 is 0 Å². The van der Waals surface area contributed by atoms with Crippen LogP contribution in [0.4, 0.5) is 0 Å². The Morgan fingerprint density at radius 1 is 1.50 bits per heavy atom. The van der Waals surface area contributed by atoms with Gasteiger partial charge in [-0.2, -0.15) is 0 Å². The molecule has 1 aromatic rings. The maximum absolute atomic E-state index is 12.4. The third-order valence-corrected chi connectivity index (χ3v) is 4.17. The van der Waals surface area contributed by atoms with Crippen molar-refractivity contribution in [2.75, 3.05) is 33.1 Å². The first-order chi connectivity index (χ1) is 9.74. The first-order valence-corrected chi connectivity index (χ1v) is 8.11. The number of likely N-dealkylation sites (tertiary alicyclic amines) is 1. The van der Waals surface area contributed by atoms with Crippen molar-refractivity contribution in [2.24, 2.45) is 5.92 Å². The van der Waals surface area contributed by atoms with Gasteiger partial charge in [-0.25, -0.2) is 9.97 Å². The van der Waals surface area contributed by atoms with E-state index in [0.29, 0.717) is 16.6 Å². The molecule has 110 valence electrons. The molecule has 0 spiro atoms. The Morgan fingerprint density at radius 3 is 2.90 bits per heavy atom. The predicted molar refractivity (Wildman–Crippen MR) is 78.9 cm³/mol. The van der Waals surface area contributed by atoms with Gasteiger partial charge in [0.15, 0.2) is 5.16 Å². The van der Waals surface area contributed by atoms with E-state index >= 15 is 0 Å². The number of piperidine rings is 1. The summed E-state index contributed by atoms with van der Waals surface area (Å²) in [6, 6.07) is 0. The SMILES string of the molecule is COCC[C@H]1CCCN(C(=O)c2cnc(SC)nc2)C1. The number of thioether (sulfide) groups is 1. The molecular weight excluding hydrogens is 274 g/mol. The fourth-order valence-electron chi connectivity index (χ4n) is 2.48. The van der Waals surface area contributed by atoms with E-state index in [9.17, 15) is 4.79 Å². The summed E-state index contributed by atoms with van der Waals surface area (Å²) in [7, 11) is 1.72. The molecule has 0 bridgehead atoms. The van der Waals surface area contributed by atoms with Crippen LogP contribution >= 0.6 is 11.8 Å². The first kappa shape index (κ1) is 15.3. The molecule has 0 N–H and O–H groups in total. The summed E-state index contributed by atoms with van der Waals surface area (Å²) in [5.41, 5.74) is 0.579. The van der Waals surface area contributed by atoms with Crippen LogP contribution in [0.15, 0.2) is 17.6 Å². The zero-order chi connectivity index (χ0) is 14.4. The number of amides is 1. The van der Waals surface area contributed by atoms with Crippen LogP contribution in [0.3, 0.4) is 0 Å². The number of hydrogen-bond acceptors (Lipinski definition) is 5. The second-order valence-corrected chi connectivity index (χ2v) is 5.77. The molecule has 1 aliphatic rings. The number of carbonyl (C=O) groups excluding carboxylic acids is 1. The van der Waals surface area contributed by atoms with Crippen LogP contribution in [0.5, 0.6) is 0 Å². The molecular formula is C14H21N3O2S. The Labute approximate surface area is 124 Å². The van der Waals surface area contributed by atoms with Crippen LogP contribution in [0, 0.1) is 5.92 Å². The molecule has 0 unspecified atom stereocenters. The molecule has 1 saturated heterocycles. The Morgan fingerprint density at radius 2 is 2.25 bits per heavy atom. The quantitative estimate of drug-likeness (QED) is 0.615. The Hall–Kier alpha value is -1.14. The van der Waals surface area contributed by atoms with E-state index in [-0.39, 0.29) is 5.91 Å². The van der Waals surface area contributed by atoms with E-state index in [0.717, 1.165) is 32.5 Å². The number of ether oxygens (including phenoxy) is 1. The Kier molecular flexibility index (Phi) is 5.79. The van der Waals surface area contributed by atoms with Gasteiger partial charge in [0.2, 0.25) is 0 Å². The summed E-state index contributed by atoms with van der Waals surface area (Å²) >= 11 is 1.47. The lowest BCUT2D eigenvalue weighted by atomic mass is 9.95. The second-order valence-electron chi connectivity index (χ2n) is 5.00. The monoisotopic (exact) mass is 295 g/mol. The molecule has 0 radical (unpaired) electrons. The Balaban J connectivity index is 1.96. The van der Waals surface area contributed by atoms with Crippen molar-refractivity contribution in [2.45, 2.75) is 24.4 Å². The molecule has 0 saturated carbocycles. The average Bonchev–Trinajstić information content (AvgIpc) is 2.52. The third kappa shape index (κ3) is 3.93. The molecule has 1 aromatic heterocycles. The number of aromatic nitrogens is 2. The van der Waals surface area contributed by atoms with Crippen molar-refractivity contribution in [3.05, 3.63) is 18.0 Å². The van der Waals surface area contributed by atoms with Gasteiger partial charge < -0.3 is 9.64 Å². The number of rotatable bonds is 5. The fraction of sp³-hybridized carbons (Fsp3) is 0.643. The van der Waals surface area contributed by atoms with Crippen LogP contribution in [0.25, 0.3) is 0 Å². The maximum Gasteiger partial charge on any atom is 0.257 e. The first-order valence-electron chi connectivity index (χ1n) is 6.89. The molecule has 1 fully saturated rings. The highest BCUT2D eigenvalue weighted by molar-refractivity contribution is 7.98. The normalized spacial score (nSPS) is 19.1. The number of methoxy groups -OCH3 is 1. The van der Waals surface area contributed by atoms with Gasteiger partial charge in [-0.3, -0.25) is 4.79 Å². The highest BCUT2D eigenvalue weighted by atomic mass is 32.2. The summed E-state index contributed by atoms with van der Waals surface area (Å²) in [5, 5.41) is 0.693. The molecule has 1 amide bonds. The van der Waals surface area contributed by atoms with Crippen molar-refractivity contribution in [1.82, 2.24) is 14.9 Å². The van der Waals surface area contributed by atoms with Crippen molar-refractivity contribution < 1.29 is 9.53 Å². The second kappa shape index (κ2) is 7.59. The molecule has 2 heterocycles. The van der Waals surface area contributed by atoms with Gasteiger partial charge in [-0.05, 0) is 31.4 Å². The molecule has 6 heteroatoms. The molecule has 5 nitrogen and oxygen atoms in total. The molecule has 1 atom stereocenters. The minimum Gasteiger partial charge on any atom is -0.385 e. The van der Waals surface area contributed by atoms with Gasteiger partial charge in [-0.15, -0.1) is 0 Å². The summed E-state index contributed by atoms with van der Waals surface area (Å²) in [5.74, 6) is 0.582. The van der Waals surface area contributed by atoms with Crippen LogP contribution in [-0.2, 0) is 4.74 Å². The minimum absolute atomic E-state index is 0.0415. The lowest BCUT2D eigenvalue weighted by Crippen LogP contribution is -2.40. The molecule has 0 aliphatic carbocycles. The lowest BCUT2D eigenvalue weighted by molar-refractivity contribution is 0.0641. The van der Waals surface area contributed by atoms with Crippen LogP contribution in [0.2, 0.25) is 0 Å². The van der Waals surface area contributed by atoms with Gasteiger partial charge in [0, 0.05) is 39.2 Å². The van der Waals surface area contributed by atoms with Crippen molar-refractivity contribution in [3.8, 4) is 0 Å². The fourth-order valence-corrected chi connectivity index (χ4v) is 2.80. The predicted octanol–water partition coefficient (Wildman–Crippen LogP) is 2.09. The van der Waals surface area contributed by atoms with Gasteiger partial charge in [0.05, 0.1) is 5.56 Å². The summed E-state index contributed by atoms with van der Waals surface area (Å²) in [6.45, 7) is 2.40. The van der Waals surface area contributed by atoms with Gasteiger partial charge in [0.25, 0.3) is 5.91 Å². The number of carbonyl (C=O) groups is 1. The van der Waals surface area contributed by atoms with E-state index in [1.807, 2.05) is 11.2 Å². The molecule has 20 heavy (non-hydrogen) atoms. The largest absolute Gasteiger partial charge is 0.385 e. The number of hydrogen-bond donors (Lipinski definition) is 0. The van der Waals surface area contributed by atoms with E-state index in [2.05, 4.69) is 9.97 Å². The standard InChI is InChI=1S/C14H21N3O2S/c1-19-7-5-11-4-3-6-17(10-11)13(18)12-8-15-14(20-2)16-9-12/h8-9,11H,3-7,10H2,1-2H3/t11-/m1/s1. The topological polar surface area (TPSA) is 55.3 Å². The molecule has 0 aromatic carbocycles. The summed E-state index contributed by atoms with van der Waals surface area (Å²) in [4.78, 5) is 22.7. The molecule has 2 rings (SSSR count). The van der Waals surface area contributed by atoms with Crippen molar-refractivity contribution in [1.29, 1.82) is 0 Å². The van der Waals surface area contributed by atoms with E-state index < -0.39 is 0 Å². The van der Waals surface area contributed by atoms with Gasteiger partial charge in [0.1, 0.15) is 0 Å². The minimum atomic E-state index is 0.0415. The highest BCUT2D eigenvalue weighted by Gasteiger charge is 2.24. The summed E-state index contributed by atoms with van der Waals surface area (Å²) < 4.78 is 5.12. The Bertz CT molecular complexity index is 439. The lowest BCUT2D eigenvalue weighted by Gasteiger charge is -2.32. The smallest absolute Gasteiger partial charge is 0.257 e. The van der Waals surface area contributed by atoms with Gasteiger partial charge in [-0.1, -0.05) is 11.8 Å². The van der Waals surface area contributed by atoms with Crippen LogP contribution in [-0.4, -0.2) is 53.8 Å². The third-order valence-electron chi connectivity index (χ3n) is 3.59. The van der Waals surface area contributed by atoms with E-state index in [4.69, 9.17) is 4.74 Å². The summed E-state index contributed by atoms with van der Waals surface area (Å²) in [6.07, 6.45) is 8.42. The molecule has 1 aliphatic heterocycles. The zero-order valence-electron chi connectivity index (χ0n) is 12.0. The van der Waals surface area contributed by atoms with Gasteiger partial charge >= 0.3 is 0 Å². The van der Waals surface area contributed by atoms with Crippen molar-refractivity contribution in [3.63, 3.8) is 0 Å². The van der Waals surface area contributed by atoms with Crippen LogP contribution in [0.1, 0.15) is 29.6 Å². The average molecular weight is 295 g/mol. The van der Waals surface area contributed by atoms with Crippen molar-refractivity contribution >= 4 is 17.7 Å². The van der Waals surface area contributed by atoms with E-state index in [1.54, 1.807) is 19.5 Å².